The molecule has 0 bridgehead atoms. The van der Waals surface area contributed by atoms with Crippen LogP contribution in [0.15, 0.2) is 23.7 Å². The topological polar surface area (TPSA) is 85.8 Å². The average molecular weight is 279 g/mol. The van der Waals surface area contributed by atoms with Gasteiger partial charge < -0.3 is 11.1 Å². The van der Waals surface area contributed by atoms with E-state index in [0.717, 1.165) is 0 Å². The second kappa shape index (κ2) is 6.44. The number of nitrogens with two attached hydrogens (primary N) is 1. The van der Waals surface area contributed by atoms with Crippen LogP contribution in [-0.4, -0.2) is 34.0 Å². The normalized spacial score (nSPS) is 12.3. The molecule has 2 rings (SSSR count). The zero-order chi connectivity index (χ0) is 13.7. The van der Waals surface area contributed by atoms with Crippen molar-refractivity contribution in [1.29, 1.82) is 0 Å². The van der Waals surface area contributed by atoms with Crippen molar-refractivity contribution in [2.75, 3.05) is 13.1 Å². The fourth-order valence-corrected chi connectivity index (χ4v) is 2.18. The van der Waals surface area contributed by atoms with E-state index < -0.39 is 0 Å². The van der Waals surface area contributed by atoms with Crippen LogP contribution >= 0.6 is 11.3 Å². The largest absolute Gasteiger partial charge is 0.350 e. The molecule has 1 amide bonds. The Morgan fingerprint density at radius 2 is 2.47 bits per heavy atom. The first kappa shape index (κ1) is 13.7. The van der Waals surface area contributed by atoms with E-state index in [2.05, 4.69) is 15.6 Å². The maximum Gasteiger partial charge on any atom is 0.273 e. The van der Waals surface area contributed by atoms with Crippen LogP contribution in [0.3, 0.4) is 0 Å². The molecule has 0 aliphatic heterocycles. The summed E-state index contributed by atoms with van der Waals surface area (Å²) in [6, 6.07) is 4.01. The molecule has 0 spiro atoms. The van der Waals surface area contributed by atoms with Crippen LogP contribution < -0.4 is 11.1 Å². The Kier molecular flexibility index (Phi) is 4.64. The smallest absolute Gasteiger partial charge is 0.273 e. The average Bonchev–Trinajstić information content (AvgIpc) is 3.07. The van der Waals surface area contributed by atoms with Crippen molar-refractivity contribution in [3.8, 4) is 0 Å². The highest BCUT2D eigenvalue weighted by atomic mass is 32.1. The van der Waals surface area contributed by atoms with Crippen molar-refractivity contribution in [3.05, 3.63) is 34.3 Å². The zero-order valence-electron chi connectivity index (χ0n) is 10.7. The Morgan fingerprint density at radius 3 is 3.16 bits per heavy atom. The number of nitrogens with one attached hydrogen (secondary N) is 1. The maximum absolute atomic E-state index is 11.8. The Morgan fingerprint density at radius 1 is 1.63 bits per heavy atom. The van der Waals surface area contributed by atoms with E-state index in [1.165, 1.54) is 4.88 Å². The van der Waals surface area contributed by atoms with Gasteiger partial charge in [0.05, 0.1) is 12.7 Å². The summed E-state index contributed by atoms with van der Waals surface area (Å²) in [5.41, 5.74) is 5.83. The number of carbonyl (C=O) groups is 1. The molecule has 1 unspecified atom stereocenters. The number of hydrogen-bond acceptors (Lipinski definition) is 5. The summed E-state index contributed by atoms with van der Waals surface area (Å²) in [7, 11) is 0. The molecular weight excluding hydrogens is 262 g/mol. The first-order valence-corrected chi connectivity index (χ1v) is 6.97. The SMILES string of the molecule is CC(CN)CNC(=O)c1cn(Cc2cccs2)nn1. The molecule has 0 saturated heterocycles. The molecule has 0 aliphatic carbocycles. The molecule has 19 heavy (non-hydrogen) atoms. The summed E-state index contributed by atoms with van der Waals surface area (Å²) in [4.78, 5) is 13.0. The number of carbonyl (C=O) groups excluding carboxylic acids is 1. The lowest BCUT2D eigenvalue weighted by molar-refractivity contribution is 0.0943. The van der Waals surface area contributed by atoms with Crippen molar-refractivity contribution in [1.82, 2.24) is 20.3 Å². The molecule has 2 heterocycles. The fourth-order valence-electron chi connectivity index (χ4n) is 1.48. The van der Waals surface area contributed by atoms with Crippen LogP contribution in [0.25, 0.3) is 0 Å². The van der Waals surface area contributed by atoms with Gasteiger partial charge in [0.25, 0.3) is 5.91 Å². The predicted octanol–water partition coefficient (Wildman–Crippen LogP) is 0.712. The van der Waals surface area contributed by atoms with E-state index in [1.807, 2.05) is 24.4 Å². The Labute approximate surface area is 115 Å². The molecule has 0 radical (unpaired) electrons. The van der Waals surface area contributed by atoms with Gasteiger partial charge in [-0.05, 0) is 23.9 Å². The molecule has 1 atom stereocenters. The molecule has 6 nitrogen and oxygen atoms in total. The third kappa shape index (κ3) is 3.87. The van der Waals surface area contributed by atoms with Gasteiger partial charge in [-0.25, -0.2) is 4.68 Å². The van der Waals surface area contributed by atoms with Crippen molar-refractivity contribution in [2.45, 2.75) is 13.5 Å². The lowest BCUT2D eigenvalue weighted by Gasteiger charge is -2.08. The quantitative estimate of drug-likeness (QED) is 0.815. The number of rotatable bonds is 6. The van der Waals surface area contributed by atoms with E-state index in [4.69, 9.17) is 5.73 Å². The standard InChI is InChI=1S/C12H17N5OS/c1-9(5-13)6-14-12(18)11-8-17(16-15-11)7-10-3-2-4-19-10/h2-4,8-9H,5-7,13H2,1H3,(H,14,18). The third-order valence-electron chi connectivity index (χ3n) is 2.68. The molecule has 0 saturated carbocycles. The van der Waals surface area contributed by atoms with Crippen molar-refractivity contribution in [3.63, 3.8) is 0 Å². The molecular formula is C12H17N5OS. The molecule has 0 aliphatic rings. The maximum atomic E-state index is 11.8. The van der Waals surface area contributed by atoms with E-state index in [1.54, 1.807) is 22.2 Å². The molecule has 2 aromatic heterocycles. The Hall–Kier alpha value is -1.73. The number of nitrogens with zero attached hydrogens (tertiary/aromatic N) is 3. The lowest BCUT2D eigenvalue weighted by atomic mass is 10.2. The minimum Gasteiger partial charge on any atom is -0.350 e. The highest BCUT2D eigenvalue weighted by Gasteiger charge is 2.11. The number of aromatic nitrogens is 3. The highest BCUT2D eigenvalue weighted by molar-refractivity contribution is 7.09. The van der Waals surface area contributed by atoms with Gasteiger partial charge in [0, 0.05) is 11.4 Å². The Balaban J connectivity index is 1.91. The van der Waals surface area contributed by atoms with Crippen LogP contribution in [0, 0.1) is 5.92 Å². The van der Waals surface area contributed by atoms with Gasteiger partial charge in [-0.15, -0.1) is 16.4 Å². The van der Waals surface area contributed by atoms with Gasteiger partial charge >= 0.3 is 0 Å². The van der Waals surface area contributed by atoms with Gasteiger partial charge in [0.1, 0.15) is 0 Å². The monoisotopic (exact) mass is 279 g/mol. The summed E-state index contributed by atoms with van der Waals surface area (Å²) in [6.45, 7) is 3.71. The zero-order valence-corrected chi connectivity index (χ0v) is 11.6. The molecule has 2 aromatic rings. The van der Waals surface area contributed by atoms with E-state index in [0.29, 0.717) is 25.3 Å². The van der Waals surface area contributed by atoms with Gasteiger partial charge in [0.15, 0.2) is 5.69 Å². The first-order valence-electron chi connectivity index (χ1n) is 6.10. The minimum atomic E-state index is -0.210. The van der Waals surface area contributed by atoms with E-state index in [-0.39, 0.29) is 11.8 Å². The molecule has 7 heteroatoms. The van der Waals surface area contributed by atoms with Crippen LogP contribution in [0.4, 0.5) is 0 Å². The molecule has 0 fully saturated rings. The summed E-state index contributed by atoms with van der Waals surface area (Å²) < 4.78 is 1.66. The minimum absolute atomic E-state index is 0.210. The Bertz CT molecular complexity index is 522. The summed E-state index contributed by atoms with van der Waals surface area (Å²) in [6.07, 6.45) is 1.65. The first-order chi connectivity index (χ1) is 9.19. The second-order valence-electron chi connectivity index (χ2n) is 4.43. The van der Waals surface area contributed by atoms with Gasteiger partial charge in [-0.3, -0.25) is 4.79 Å². The third-order valence-corrected chi connectivity index (χ3v) is 3.54. The number of amides is 1. The van der Waals surface area contributed by atoms with Crippen molar-refractivity contribution < 1.29 is 4.79 Å². The number of hydrogen-bond donors (Lipinski definition) is 2. The summed E-state index contributed by atoms with van der Waals surface area (Å²) in [5.74, 6) is 0.0443. The molecule has 0 aromatic carbocycles. The van der Waals surface area contributed by atoms with Crippen molar-refractivity contribution in [2.24, 2.45) is 11.7 Å². The van der Waals surface area contributed by atoms with E-state index >= 15 is 0 Å². The van der Waals surface area contributed by atoms with Crippen LogP contribution in [0.2, 0.25) is 0 Å². The van der Waals surface area contributed by atoms with Gasteiger partial charge in [0.2, 0.25) is 0 Å². The predicted molar refractivity (Wildman–Crippen MR) is 74.0 cm³/mol. The highest BCUT2D eigenvalue weighted by Crippen LogP contribution is 2.09. The van der Waals surface area contributed by atoms with Crippen LogP contribution in [0.1, 0.15) is 22.3 Å². The summed E-state index contributed by atoms with van der Waals surface area (Å²) >= 11 is 1.65. The fraction of sp³-hybridized carbons (Fsp3) is 0.417. The molecule has 102 valence electrons. The van der Waals surface area contributed by atoms with Crippen LogP contribution in [-0.2, 0) is 6.54 Å². The second-order valence-corrected chi connectivity index (χ2v) is 5.46. The summed E-state index contributed by atoms with van der Waals surface area (Å²) in [5, 5.41) is 12.6. The van der Waals surface area contributed by atoms with Crippen LogP contribution in [0.5, 0.6) is 0 Å². The number of thiophene rings is 1. The lowest BCUT2D eigenvalue weighted by Crippen LogP contribution is -2.31. The van der Waals surface area contributed by atoms with E-state index in [9.17, 15) is 4.79 Å². The van der Waals surface area contributed by atoms with Gasteiger partial charge in [-0.1, -0.05) is 18.2 Å². The molecule has 3 N–H and O–H groups in total. The van der Waals surface area contributed by atoms with Crippen molar-refractivity contribution >= 4 is 17.2 Å². The van der Waals surface area contributed by atoms with Gasteiger partial charge in [-0.2, -0.15) is 0 Å².